The van der Waals surface area contributed by atoms with Crippen LogP contribution in [0.3, 0.4) is 0 Å². The van der Waals surface area contributed by atoms with Gasteiger partial charge in [0, 0.05) is 11.3 Å². The molecule has 3 nitrogen and oxygen atoms in total. The van der Waals surface area contributed by atoms with Crippen LogP contribution in [-0.4, -0.2) is 18.1 Å². The largest absolute Gasteiger partial charge is 0.464 e. The molecule has 1 aliphatic carbocycles. The molecule has 0 saturated heterocycles. The summed E-state index contributed by atoms with van der Waals surface area (Å²) >= 11 is 1.60. The van der Waals surface area contributed by atoms with Crippen molar-refractivity contribution >= 4 is 17.3 Å². The Kier molecular flexibility index (Phi) is 4.29. The average molecular weight is 281 g/mol. The molecular formula is C15H23NO2S. The Labute approximate surface area is 119 Å². The fraction of sp³-hybridized carbons (Fsp3) is 0.733. The van der Waals surface area contributed by atoms with Crippen molar-refractivity contribution in [2.45, 2.75) is 52.4 Å². The third-order valence-electron chi connectivity index (χ3n) is 4.22. The van der Waals surface area contributed by atoms with Crippen LogP contribution in [0.25, 0.3) is 0 Å². The zero-order chi connectivity index (χ0) is 14.0. The first kappa shape index (κ1) is 14.5. The van der Waals surface area contributed by atoms with Gasteiger partial charge in [0.25, 0.3) is 0 Å². The maximum atomic E-state index is 11.4. The van der Waals surface area contributed by atoms with E-state index in [1.165, 1.54) is 32.8 Å². The highest BCUT2D eigenvalue weighted by atomic mass is 32.1. The van der Waals surface area contributed by atoms with Gasteiger partial charge in [0.05, 0.1) is 12.1 Å². The van der Waals surface area contributed by atoms with Crippen molar-refractivity contribution < 1.29 is 9.53 Å². The minimum absolute atomic E-state index is 0.328. The van der Waals surface area contributed by atoms with Gasteiger partial charge in [-0.25, -0.2) is 9.78 Å². The van der Waals surface area contributed by atoms with Gasteiger partial charge in [0.15, 0.2) is 5.69 Å². The molecule has 1 aromatic heterocycles. The zero-order valence-corrected chi connectivity index (χ0v) is 13.0. The minimum atomic E-state index is -0.328. The van der Waals surface area contributed by atoms with Crippen LogP contribution < -0.4 is 0 Å². The zero-order valence-electron chi connectivity index (χ0n) is 12.2. The number of carbonyl (C=O) groups is 1. The normalized spacial score (nSPS) is 24.2. The fourth-order valence-corrected chi connectivity index (χ4v) is 3.84. The maximum Gasteiger partial charge on any atom is 0.357 e. The molecule has 0 atom stereocenters. The first-order valence-electron chi connectivity index (χ1n) is 6.95. The molecule has 1 fully saturated rings. The van der Waals surface area contributed by atoms with E-state index in [9.17, 15) is 4.79 Å². The molecule has 0 aromatic carbocycles. The SMILES string of the molecule is COC(=O)c1csc(C2CCC(C(C)(C)C)CC2)n1. The Hall–Kier alpha value is -0.900. The summed E-state index contributed by atoms with van der Waals surface area (Å²) < 4.78 is 4.70. The standard InChI is InChI=1S/C15H23NO2S/c1-15(2,3)11-7-5-10(6-8-11)13-16-12(9-19-13)14(17)18-4/h9-11H,5-8H2,1-4H3. The van der Waals surface area contributed by atoms with E-state index in [4.69, 9.17) is 4.74 Å². The van der Waals surface area contributed by atoms with E-state index >= 15 is 0 Å². The molecule has 0 amide bonds. The predicted octanol–water partition coefficient (Wildman–Crippen LogP) is 4.25. The Bertz CT molecular complexity index is 439. The first-order valence-corrected chi connectivity index (χ1v) is 7.83. The van der Waals surface area contributed by atoms with Crippen LogP contribution >= 0.6 is 11.3 Å². The van der Waals surface area contributed by atoms with E-state index in [0.29, 0.717) is 17.0 Å². The van der Waals surface area contributed by atoms with Crippen LogP contribution in [0.4, 0.5) is 0 Å². The van der Waals surface area contributed by atoms with Crippen molar-refractivity contribution in [1.29, 1.82) is 0 Å². The van der Waals surface area contributed by atoms with Gasteiger partial charge in [0.2, 0.25) is 0 Å². The lowest BCUT2D eigenvalue weighted by molar-refractivity contribution is 0.0594. The molecule has 19 heavy (non-hydrogen) atoms. The summed E-state index contributed by atoms with van der Waals surface area (Å²) in [5.41, 5.74) is 0.867. The van der Waals surface area contributed by atoms with Crippen molar-refractivity contribution in [1.82, 2.24) is 4.98 Å². The van der Waals surface area contributed by atoms with E-state index in [2.05, 4.69) is 25.8 Å². The molecule has 0 bridgehead atoms. The summed E-state index contributed by atoms with van der Waals surface area (Å²) in [5.74, 6) is 1.01. The molecule has 1 heterocycles. The second kappa shape index (κ2) is 5.61. The van der Waals surface area contributed by atoms with Gasteiger partial charge >= 0.3 is 5.97 Å². The van der Waals surface area contributed by atoms with Gasteiger partial charge in [-0.1, -0.05) is 20.8 Å². The van der Waals surface area contributed by atoms with Gasteiger partial charge in [-0.3, -0.25) is 0 Å². The third-order valence-corrected chi connectivity index (χ3v) is 5.22. The topological polar surface area (TPSA) is 39.2 Å². The summed E-state index contributed by atoms with van der Waals surface area (Å²) in [6.45, 7) is 6.99. The highest BCUT2D eigenvalue weighted by Gasteiger charge is 2.31. The Morgan fingerprint density at radius 3 is 2.47 bits per heavy atom. The monoisotopic (exact) mass is 281 g/mol. The van der Waals surface area contributed by atoms with E-state index < -0.39 is 0 Å². The molecule has 0 aliphatic heterocycles. The van der Waals surface area contributed by atoms with Crippen molar-refractivity contribution in [2.24, 2.45) is 11.3 Å². The number of esters is 1. The van der Waals surface area contributed by atoms with E-state index in [1.54, 1.807) is 11.3 Å². The summed E-state index contributed by atoms with van der Waals surface area (Å²) in [6.07, 6.45) is 4.91. The Balaban J connectivity index is 1.98. The van der Waals surface area contributed by atoms with E-state index in [1.807, 2.05) is 5.38 Å². The third kappa shape index (κ3) is 3.35. The van der Waals surface area contributed by atoms with Crippen molar-refractivity contribution in [3.05, 3.63) is 16.1 Å². The van der Waals surface area contributed by atoms with Crippen LogP contribution in [0.15, 0.2) is 5.38 Å². The smallest absolute Gasteiger partial charge is 0.357 e. The highest BCUT2D eigenvalue weighted by molar-refractivity contribution is 7.09. The lowest BCUT2D eigenvalue weighted by atomic mass is 9.70. The number of rotatable bonds is 2. The van der Waals surface area contributed by atoms with E-state index in [0.717, 1.165) is 10.9 Å². The van der Waals surface area contributed by atoms with Crippen molar-refractivity contribution in [2.75, 3.05) is 7.11 Å². The first-order chi connectivity index (χ1) is 8.91. The molecule has 0 unspecified atom stereocenters. The van der Waals surface area contributed by atoms with Gasteiger partial charge in [-0.15, -0.1) is 11.3 Å². The highest BCUT2D eigenvalue weighted by Crippen LogP contribution is 2.43. The Morgan fingerprint density at radius 2 is 1.95 bits per heavy atom. The van der Waals surface area contributed by atoms with Gasteiger partial charge in [0.1, 0.15) is 0 Å². The number of nitrogens with zero attached hydrogens (tertiary/aromatic N) is 1. The number of thiazole rings is 1. The number of carbonyl (C=O) groups excluding carboxylic acids is 1. The second-order valence-corrected chi connectivity index (χ2v) is 7.37. The van der Waals surface area contributed by atoms with Gasteiger partial charge in [-0.05, 0) is 37.0 Å². The predicted molar refractivity (Wildman–Crippen MR) is 77.6 cm³/mol. The van der Waals surface area contributed by atoms with Crippen molar-refractivity contribution in [3.63, 3.8) is 0 Å². The lowest BCUT2D eigenvalue weighted by Gasteiger charge is -2.36. The number of aromatic nitrogens is 1. The molecule has 0 radical (unpaired) electrons. The minimum Gasteiger partial charge on any atom is -0.464 e. The molecule has 0 spiro atoms. The second-order valence-electron chi connectivity index (χ2n) is 6.48. The number of ether oxygens (including phenoxy) is 1. The summed E-state index contributed by atoms with van der Waals surface area (Å²) in [4.78, 5) is 15.9. The average Bonchev–Trinajstić information content (AvgIpc) is 2.86. The number of hydrogen-bond acceptors (Lipinski definition) is 4. The molecule has 1 aromatic rings. The summed E-state index contributed by atoms with van der Waals surface area (Å²) in [7, 11) is 1.40. The molecule has 1 aliphatic rings. The molecule has 4 heteroatoms. The maximum absolute atomic E-state index is 11.4. The van der Waals surface area contributed by atoms with Crippen LogP contribution in [0.5, 0.6) is 0 Å². The number of methoxy groups -OCH3 is 1. The Morgan fingerprint density at radius 1 is 1.32 bits per heavy atom. The summed E-state index contributed by atoms with van der Waals surface area (Å²) in [6, 6.07) is 0. The van der Waals surface area contributed by atoms with Gasteiger partial charge in [-0.2, -0.15) is 0 Å². The lowest BCUT2D eigenvalue weighted by Crippen LogP contribution is -2.25. The van der Waals surface area contributed by atoms with Crippen molar-refractivity contribution in [3.8, 4) is 0 Å². The van der Waals surface area contributed by atoms with E-state index in [-0.39, 0.29) is 5.97 Å². The fourth-order valence-electron chi connectivity index (χ4n) is 2.88. The van der Waals surface area contributed by atoms with Crippen LogP contribution in [0, 0.1) is 11.3 Å². The molecule has 106 valence electrons. The summed E-state index contributed by atoms with van der Waals surface area (Å²) in [5, 5.41) is 2.92. The molecular weight excluding hydrogens is 258 g/mol. The quantitative estimate of drug-likeness (QED) is 0.761. The molecule has 0 N–H and O–H groups in total. The van der Waals surface area contributed by atoms with Crippen LogP contribution in [0.2, 0.25) is 0 Å². The number of hydrogen-bond donors (Lipinski definition) is 0. The van der Waals surface area contributed by atoms with Gasteiger partial charge < -0.3 is 4.74 Å². The van der Waals surface area contributed by atoms with Crippen LogP contribution in [-0.2, 0) is 4.74 Å². The van der Waals surface area contributed by atoms with Crippen LogP contribution in [0.1, 0.15) is 67.9 Å². The molecule has 1 saturated carbocycles. The molecule has 2 rings (SSSR count).